The van der Waals surface area contributed by atoms with Crippen molar-refractivity contribution in [2.24, 2.45) is 0 Å². The number of nitrogens with zero attached hydrogens (tertiary/aromatic N) is 1. The summed E-state index contributed by atoms with van der Waals surface area (Å²) < 4.78 is 10.8. The van der Waals surface area contributed by atoms with Crippen LogP contribution in [-0.4, -0.2) is 26.2 Å². The first-order valence-corrected chi connectivity index (χ1v) is 9.64. The Morgan fingerprint density at radius 2 is 1.55 bits per heavy atom. The smallest absolute Gasteiger partial charge is 0.262 e. The summed E-state index contributed by atoms with van der Waals surface area (Å²) in [6.45, 7) is 3.79. The van der Waals surface area contributed by atoms with E-state index in [9.17, 15) is 4.79 Å². The van der Waals surface area contributed by atoms with Crippen molar-refractivity contribution in [3.05, 3.63) is 84.4 Å². The molecule has 1 N–H and O–H groups in total. The van der Waals surface area contributed by atoms with E-state index in [-0.39, 0.29) is 12.5 Å². The van der Waals surface area contributed by atoms with Gasteiger partial charge >= 0.3 is 0 Å². The van der Waals surface area contributed by atoms with Gasteiger partial charge in [0.05, 0.1) is 7.11 Å². The highest BCUT2D eigenvalue weighted by molar-refractivity contribution is 5.92. The number of carbonyl (C=O) groups excluding carboxylic acids is 1. The molecule has 0 saturated carbocycles. The number of para-hydroxylation sites is 2. The van der Waals surface area contributed by atoms with Gasteiger partial charge in [-0.25, -0.2) is 0 Å². The second kappa shape index (κ2) is 10.2. The summed E-state index contributed by atoms with van der Waals surface area (Å²) >= 11 is 0. The van der Waals surface area contributed by atoms with Crippen LogP contribution in [0.5, 0.6) is 11.5 Å². The standard InChI is InChI=1S/C24H26N2O3/c1-3-26(17-19-9-5-4-6-10-19)21-15-13-20(14-16-21)25-24(27)18-29-23-12-8-7-11-22(23)28-2/h4-16H,3,17-18H2,1-2H3,(H,25,27). The van der Waals surface area contributed by atoms with Crippen LogP contribution in [0.25, 0.3) is 0 Å². The molecular formula is C24H26N2O3. The molecule has 3 aromatic carbocycles. The molecule has 5 heteroatoms. The van der Waals surface area contributed by atoms with Crippen LogP contribution in [0.15, 0.2) is 78.9 Å². The first-order valence-electron chi connectivity index (χ1n) is 9.64. The number of benzene rings is 3. The normalized spacial score (nSPS) is 10.3. The molecule has 29 heavy (non-hydrogen) atoms. The SMILES string of the molecule is CCN(Cc1ccccc1)c1ccc(NC(=O)COc2ccccc2OC)cc1. The first kappa shape index (κ1) is 20.3. The quantitative estimate of drug-likeness (QED) is 0.573. The van der Waals surface area contributed by atoms with Crippen LogP contribution < -0.4 is 19.7 Å². The minimum atomic E-state index is -0.222. The number of ether oxygens (including phenoxy) is 2. The number of anilines is 2. The van der Waals surface area contributed by atoms with Crippen molar-refractivity contribution in [1.82, 2.24) is 0 Å². The van der Waals surface area contributed by atoms with E-state index in [1.807, 2.05) is 42.5 Å². The molecule has 0 fully saturated rings. The van der Waals surface area contributed by atoms with Crippen molar-refractivity contribution < 1.29 is 14.3 Å². The Morgan fingerprint density at radius 1 is 0.897 bits per heavy atom. The van der Waals surface area contributed by atoms with Gasteiger partial charge in [-0.1, -0.05) is 42.5 Å². The third-order valence-corrected chi connectivity index (χ3v) is 4.54. The number of methoxy groups -OCH3 is 1. The highest BCUT2D eigenvalue weighted by Gasteiger charge is 2.09. The molecule has 1 amide bonds. The minimum Gasteiger partial charge on any atom is -0.493 e. The molecule has 0 aliphatic heterocycles. The maximum absolute atomic E-state index is 12.2. The van der Waals surface area contributed by atoms with E-state index in [1.165, 1.54) is 5.56 Å². The Kier molecular flexibility index (Phi) is 7.11. The number of carbonyl (C=O) groups is 1. The zero-order chi connectivity index (χ0) is 20.5. The molecular weight excluding hydrogens is 364 g/mol. The molecule has 0 atom stereocenters. The lowest BCUT2D eigenvalue weighted by Gasteiger charge is -2.23. The molecule has 0 bridgehead atoms. The van der Waals surface area contributed by atoms with Gasteiger partial charge in [0.1, 0.15) is 0 Å². The number of hydrogen-bond donors (Lipinski definition) is 1. The summed E-state index contributed by atoms with van der Waals surface area (Å²) in [5.74, 6) is 0.919. The van der Waals surface area contributed by atoms with Crippen molar-refractivity contribution in [1.29, 1.82) is 0 Å². The lowest BCUT2D eigenvalue weighted by atomic mass is 10.2. The highest BCUT2D eigenvalue weighted by Crippen LogP contribution is 2.25. The predicted molar refractivity (Wildman–Crippen MR) is 117 cm³/mol. The lowest BCUT2D eigenvalue weighted by Crippen LogP contribution is -2.22. The molecule has 5 nitrogen and oxygen atoms in total. The molecule has 0 aliphatic rings. The zero-order valence-electron chi connectivity index (χ0n) is 16.8. The van der Waals surface area contributed by atoms with Gasteiger partial charge < -0.3 is 19.7 Å². The van der Waals surface area contributed by atoms with Crippen LogP contribution in [0.2, 0.25) is 0 Å². The fourth-order valence-corrected chi connectivity index (χ4v) is 3.02. The second-order valence-electron chi connectivity index (χ2n) is 6.53. The molecule has 0 spiro atoms. The third kappa shape index (κ3) is 5.75. The topological polar surface area (TPSA) is 50.8 Å². The largest absolute Gasteiger partial charge is 0.493 e. The van der Waals surface area contributed by atoms with Crippen LogP contribution >= 0.6 is 0 Å². The Bertz CT molecular complexity index is 911. The number of nitrogens with one attached hydrogen (secondary N) is 1. The fraction of sp³-hybridized carbons (Fsp3) is 0.208. The van der Waals surface area contributed by atoms with Crippen molar-refractivity contribution in [3.63, 3.8) is 0 Å². The fourth-order valence-electron chi connectivity index (χ4n) is 3.02. The first-order chi connectivity index (χ1) is 14.2. The predicted octanol–water partition coefficient (Wildman–Crippen LogP) is 4.74. The maximum Gasteiger partial charge on any atom is 0.262 e. The maximum atomic E-state index is 12.2. The van der Waals surface area contributed by atoms with Crippen LogP contribution in [0.1, 0.15) is 12.5 Å². The van der Waals surface area contributed by atoms with Crippen molar-refractivity contribution in [3.8, 4) is 11.5 Å². The number of hydrogen-bond acceptors (Lipinski definition) is 4. The van der Waals surface area contributed by atoms with Gasteiger partial charge in [0, 0.05) is 24.5 Å². The summed E-state index contributed by atoms with van der Waals surface area (Å²) in [7, 11) is 1.57. The van der Waals surface area contributed by atoms with E-state index in [0.29, 0.717) is 11.5 Å². The Hall–Kier alpha value is -3.47. The molecule has 150 valence electrons. The van der Waals surface area contributed by atoms with E-state index in [4.69, 9.17) is 9.47 Å². The second-order valence-corrected chi connectivity index (χ2v) is 6.53. The van der Waals surface area contributed by atoms with Crippen molar-refractivity contribution >= 4 is 17.3 Å². The van der Waals surface area contributed by atoms with Gasteiger partial charge in [-0.2, -0.15) is 0 Å². The monoisotopic (exact) mass is 390 g/mol. The van der Waals surface area contributed by atoms with Gasteiger partial charge in [0.25, 0.3) is 5.91 Å². The average molecular weight is 390 g/mol. The van der Waals surface area contributed by atoms with E-state index >= 15 is 0 Å². The van der Waals surface area contributed by atoms with Gasteiger partial charge in [0.2, 0.25) is 0 Å². The van der Waals surface area contributed by atoms with Crippen LogP contribution in [0.4, 0.5) is 11.4 Å². The van der Waals surface area contributed by atoms with Gasteiger partial charge in [-0.05, 0) is 48.9 Å². The van der Waals surface area contributed by atoms with Crippen LogP contribution in [0, 0.1) is 0 Å². The Morgan fingerprint density at radius 3 is 2.21 bits per heavy atom. The minimum absolute atomic E-state index is 0.0861. The number of amides is 1. The highest BCUT2D eigenvalue weighted by atomic mass is 16.5. The van der Waals surface area contributed by atoms with E-state index in [1.54, 1.807) is 19.2 Å². The van der Waals surface area contributed by atoms with E-state index in [0.717, 1.165) is 24.5 Å². The molecule has 0 aliphatic carbocycles. The lowest BCUT2D eigenvalue weighted by molar-refractivity contribution is -0.118. The zero-order valence-corrected chi connectivity index (χ0v) is 16.8. The van der Waals surface area contributed by atoms with Crippen LogP contribution in [-0.2, 0) is 11.3 Å². The molecule has 0 saturated heterocycles. The summed E-state index contributed by atoms with van der Waals surface area (Å²) in [6, 6.07) is 25.5. The van der Waals surface area contributed by atoms with Crippen molar-refractivity contribution in [2.45, 2.75) is 13.5 Å². The third-order valence-electron chi connectivity index (χ3n) is 4.54. The van der Waals surface area contributed by atoms with Gasteiger partial charge in [0.15, 0.2) is 18.1 Å². The molecule has 0 aromatic heterocycles. The van der Waals surface area contributed by atoms with E-state index < -0.39 is 0 Å². The molecule has 0 unspecified atom stereocenters. The molecule has 0 radical (unpaired) electrons. The Balaban J connectivity index is 1.56. The van der Waals surface area contributed by atoms with Gasteiger partial charge in [-0.3, -0.25) is 4.79 Å². The summed E-state index contributed by atoms with van der Waals surface area (Å²) in [4.78, 5) is 14.5. The number of rotatable bonds is 9. The Labute approximate surface area is 171 Å². The van der Waals surface area contributed by atoms with Gasteiger partial charge in [-0.15, -0.1) is 0 Å². The van der Waals surface area contributed by atoms with Crippen molar-refractivity contribution in [2.75, 3.05) is 30.5 Å². The molecule has 0 heterocycles. The summed E-state index contributed by atoms with van der Waals surface area (Å²) in [5, 5.41) is 2.86. The summed E-state index contributed by atoms with van der Waals surface area (Å²) in [5.41, 5.74) is 3.11. The van der Waals surface area contributed by atoms with E-state index in [2.05, 4.69) is 41.4 Å². The summed E-state index contributed by atoms with van der Waals surface area (Å²) in [6.07, 6.45) is 0. The van der Waals surface area contributed by atoms with Crippen LogP contribution in [0.3, 0.4) is 0 Å². The molecule has 3 aromatic rings. The molecule has 3 rings (SSSR count). The average Bonchev–Trinajstić information content (AvgIpc) is 2.77.